The van der Waals surface area contributed by atoms with Gasteiger partial charge in [-0.15, -0.1) is 0 Å². The van der Waals surface area contributed by atoms with Crippen LogP contribution in [0, 0.1) is 11.8 Å². The number of H-pyrrole nitrogens is 1. The van der Waals surface area contributed by atoms with E-state index in [0.717, 1.165) is 25.3 Å². The molecule has 0 radical (unpaired) electrons. The van der Waals surface area contributed by atoms with Gasteiger partial charge in [-0.3, -0.25) is 14.8 Å². The number of rotatable bonds is 5. The smallest absolute Gasteiger partial charge is 0.228 e. The summed E-state index contributed by atoms with van der Waals surface area (Å²) < 4.78 is 0. The summed E-state index contributed by atoms with van der Waals surface area (Å²) in [6, 6.07) is 12.8. The first-order valence-corrected chi connectivity index (χ1v) is 9.04. The highest BCUT2D eigenvalue weighted by Crippen LogP contribution is 2.27. The maximum absolute atomic E-state index is 12.6. The normalized spacial score (nSPS) is 22.0. The van der Waals surface area contributed by atoms with Crippen LogP contribution in [0.15, 0.2) is 42.6 Å². The molecule has 5 nitrogen and oxygen atoms in total. The SMILES string of the molecule is C[C@@H]1CN(Cc2ccccc2)C[C@@H](C)C1N(C)C(=O)Cc1ccn[nH]1. The summed E-state index contributed by atoms with van der Waals surface area (Å²) in [5.74, 6) is 1.05. The molecular formula is C20H28N4O. The van der Waals surface area contributed by atoms with Crippen molar-refractivity contribution in [1.82, 2.24) is 20.0 Å². The topological polar surface area (TPSA) is 52.2 Å². The predicted octanol–water partition coefficient (Wildman–Crippen LogP) is 2.57. The number of carbonyl (C=O) groups excluding carboxylic acids is 1. The zero-order chi connectivity index (χ0) is 17.8. The van der Waals surface area contributed by atoms with E-state index in [4.69, 9.17) is 0 Å². The number of nitrogens with zero attached hydrogens (tertiary/aromatic N) is 3. The van der Waals surface area contributed by atoms with E-state index in [0.29, 0.717) is 18.3 Å². The highest BCUT2D eigenvalue weighted by atomic mass is 16.2. The first-order chi connectivity index (χ1) is 12.0. The van der Waals surface area contributed by atoms with Crippen molar-refractivity contribution in [2.45, 2.75) is 32.9 Å². The maximum Gasteiger partial charge on any atom is 0.228 e. The molecule has 2 atom stereocenters. The highest BCUT2D eigenvalue weighted by molar-refractivity contribution is 5.78. The third kappa shape index (κ3) is 4.28. The lowest BCUT2D eigenvalue weighted by Crippen LogP contribution is -2.55. The summed E-state index contributed by atoms with van der Waals surface area (Å²) in [6.07, 6.45) is 2.08. The van der Waals surface area contributed by atoms with E-state index in [2.05, 4.69) is 59.3 Å². The molecule has 5 heteroatoms. The van der Waals surface area contributed by atoms with Crippen LogP contribution >= 0.6 is 0 Å². The van der Waals surface area contributed by atoms with Crippen molar-refractivity contribution in [3.8, 4) is 0 Å². The third-order valence-corrected chi connectivity index (χ3v) is 5.25. The molecule has 1 saturated heterocycles. The first kappa shape index (κ1) is 17.7. The van der Waals surface area contributed by atoms with Gasteiger partial charge in [0, 0.05) is 44.6 Å². The maximum atomic E-state index is 12.6. The molecule has 1 aromatic heterocycles. The van der Waals surface area contributed by atoms with Gasteiger partial charge in [0.2, 0.25) is 5.91 Å². The van der Waals surface area contributed by atoms with Crippen LogP contribution in [0.4, 0.5) is 0 Å². The Labute approximate surface area is 150 Å². The average Bonchev–Trinajstić information content (AvgIpc) is 3.08. The summed E-state index contributed by atoms with van der Waals surface area (Å²) in [4.78, 5) is 17.1. The number of likely N-dealkylation sites (tertiary alicyclic amines) is 1. The zero-order valence-electron chi connectivity index (χ0n) is 15.4. The second-order valence-corrected chi connectivity index (χ2v) is 7.39. The molecule has 25 heavy (non-hydrogen) atoms. The van der Waals surface area contributed by atoms with Crippen molar-refractivity contribution in [2.24, 2.45) is 11.8 Å². The van der Waals surface area contributed by atoms with E-state index < -0.39 is 0 Å². The highest BCUT2D eigenvalue weighted by Gasteiger charge is 2.36. The van der Waals surface area contributed by atoms with Gasteiger partial charge in [-0.2, -0.15) is 5.10 Å². The van der Waals surface area contributed by atoms with Gasteiger partial charge in [0.25, 0.3) is 0 Å². The van der Waals surface area contributed by atoms with E-state index in [9.17, 15) is 4.79 Å². The van der Waals surface area contributed by atoms with Crippen LogP contribution in [0.25, 0.3) is 0 Å². The Morgan fingerprint density at radius 3 is 2.48 bits per heavy atom. The van der Waals surface area contributed by atoms with E-state index >= 15 is 0 Å². The van der Waals surface area contributed by atoms with Gasteiger partial charge in [-0.05, 0) is 23.5 Å². The summed E-state index contributed by atoms with van der Waals surface area (Å²) in [6.45, 7) is 7.54. The van der Waals surface area contributed by atoms with E-state index in [1.807, 2.05) is 18.0 Å². The standard InChI is InChI=1S/C20H28N4O/c1-15-12-24(14-17-7-5-4-6-8-17)13-16(2)20(15)23(3)19(25)11-18-9-10-21-22-18/h4-10,15-16,20H,11-14H2,1-3H3,(H,21,22)/t15-,16-/m1/s1. The molecule has 0 unspecified atom stereocenters. The minimum Gasteiger partial charge on any atom is -0.342 e. The van der Waals surface area contributed by atoms with Crippen LogP contribution in [0.5, 0.6) is 0 Å². The number of aromatic amines is 1. The predicted molar refractivity (Wildman–Crippen MR) is 98.9 cm³/mol. The summed E-state index contributed by atoms with van der Waals surface area (Å²) in [5.41, 5.74) is 2.22. The van der Waals surface area contributed by atoms with Crippen LogP contribution in [0.2, 0.25) is 0 Å². The molecule has 1 aliphatic heterocycles. The minimum absolute atomic E-state index is 0.157. The minimum atomic E-state index is 0.157. The number of aromatic nitrogens is 2. The Kier molecular flexibility index (Phi) is 5.53. The van der Waals surface area contributed by atoms with Gasteiger partial charge in [0.15, 0.2) is 0 Å². The van der Waals surface area contributed by atoms with Crippen LogP contribution in [0.3, 0.4) is 0 Å². The Morgan fingerprint density at radius 1 is 1.20 bits per heavy atom. The third-order valence-electron chi connectivity index (χ3n) is 5.25. The van der Waals surface area contributed by atoms with Gasteiger partial charge in [-0.1, -0.05) is 44.2 Å². The van der Waals surface area contributed by atoms with Gasteiger partial charge < -0.3 is 4.90 Å². The second-order valence-electron chi connectivity index (χ2n) is 7.39. The monoisotopic (exact) mass is 340 g/mol. The van der Waals surface area contributed by atoms with Crippen molar-refractivity contribution >= 4 is 5.91 Å². The number of amides is 1. The quantitative estimate of drug-likeness (QED) is 0.910. The largest absolute Gasteiger partial charge is 0.342 e. The molecule has 3 rings (SSSR count). The van der Waals surface area contributed by atoms with Crippen molar-refractivity contribution in [2.75, 3.05) is 20.1 Å². The van der Waals surface area contributed by atoms with Crippen LogP contribution in [0.1, 0.15) is 25.1 Å². The van der Waals surface area contributed by atoms with Crippen LogP contribution in [-0.2, 0) is 17.8 Å². The van der Waals surface area contributed by atoms with Gasteiger partial charge in [0.1, 0.15) is 0 Å². The van der Waals surface area contributed by atoms with E-state index in [1.54, 1.807) is 6.20 Å². The summed E-state index contributed by atoms with van der Waals surface area (Å²) in [5, 5.41) is 6.80. The first-order valence-electron chi connectivity index (χ1n) is 9.04. The fraction of sp³-hybridized carbons (Fsp3) is 0.500. The van der Waals surface area contributed by atoms with Crippen molar-refractivity contribution in [3.05, 3.63) is 53.9 Å². The summed E-state index contributed by atoms with van der Waals surface area (Å²) in [7, 11) is 1.95. The molecule has 0 bridgehead atoms. The number of likely N-dealkylation sites (N-methyl/N-ethyl adjacent to an activating group) is 1. The molecule has 0 aliphatic carbocycles. The van der Waals surface area contributed by atoms with Crippen molar-refractivity contribution in [3.63, 3.8) is 0 Å². The Bertz CT molecular complexity index is 658. The Morgan fingerprint density at radius 2 is 1.88 bits per heavy atom. The molecule has 2 heterocycles. The lowest BCUT2D eigenvalue weighted by Gasteiger charge is -2.45. The van der Waals surface area contributed by atoms with E-state index in [1.165, 1.54) is 5.56 Å². The zero-order valence-corrected chi connectivity index (χ0v) is 15.4. The number of piperidine rings is 1. The fourth-order valence-corrected chi connectivity index (χ4v) is 4.24. The summed E-state index contributed by atoms with van der Waals surface area (Å²) >= 11 is 0. The Balaban J connectivity index is 1.60. The van der Waals surface area contributed by atoms with E-state index in [-0.39, 0.29) is 11.9 Å². The molecule has 1 N–H and O–H groups in total. The molecule has 2 aromatic rings. The average molecular weight is 340 g/mol. The molecular weight excluding hydrogens is 312 g/mol. The lowest BCUT2D eigenvalue weighted by atomic mass is 9.84. The van der Waals surface area contributed by atoms with Crippen LogP contribution < -0.4 is 0 Å². The second kappa shape index (κ2) is 7.83. The number of carbonyl (C=O) groups is 1. The lowest BCUT2D eigenvalue weighted by molar-refractivity contribution is -0.135. The fourth-order valence-electron chi connectivity index (χ4n) is 4.24. The number of nitrogens with one attached hydrogen (secondary N) is 1. The van der Waals surface area contributed by atoms with Crippen LogP contribution in [-0.4, -0.2) is 52.1 Å². The molecule has 1 aromatic carbocycles. The van der Waals surface area contributed by atoms with Gasteiger partial charge in [0.05, 0.1) is 6.42 Å². The van der Waals surface area contributed by atoms with Crippen molar-refractivity contribution in [1.29, 1.82) is 0 Å². The molecule has 134 valence electrons. The van der Waals surface area contributed by atoms with Crippen molar-refractivity contribution < 1.29 is 4.79 Å². The molecule has 1 fully saturated rings. The molecule has 1 aliphatic rings. The molecule has 1 amide bonds. The number of benzene rings is 1. The number of hydrogen-bond acceptors (Lipinski definition) is 3. The molecule has 0 spiro atoms. The number of hydrogen-bond donors (Lipinski definition) is 1. The van der Waals surface area contributed by atoms with Gasteiger partial charge >= 0.3 is 0 Å². The Hall–Kier alpha value is -2.14. The molecule has 0 saturated carbocycles. The van der Waals surface area contributed by atoms with Gasteiger partial charge in [-0.25, -0.2) is 0 Å².